The molecule has 0 saturated carbocycles. The van der Waals surface area contributed by atoms with E-state index in [1.165, 1.54) is 24.3 Å². The molecule has 174 valence electrons. The summed E-state index contributed by atoms with van der Waals surface area (Å²) >= 11 is 0. The van der Waals surface area contributed by atoms with E-state index in [4.69, 9.17) is 9.47 Å². The van der Waals surface area contributed by atoms with Crippen LogP contribution in [-0.4, -0.2) is 75.8 Å². The molecular formula is C20H21O11S-. The van der Waals surface area contributed by atoms with Crippen LogP contribution in [0.2, 0.25) is 0 Å². The third-order valence-corrected chi connectivity index (χ3v) is 5.04. The second-order valence-corrected chi connectivity index (χ2v) is 7.99. The number of ether oxygens (including phenoxy) is 2. The number of hydrogen-bond donors (Lipinski definition) is 5. The SMILES string of the molecule is O=S(=O)([O-])O[C@H]1[C@H](Oc2cc(O)cc(/C=C/c3ccc(O)cc3)c2)O[C@H](CO)[C@@H](O)[C@@H]1O. The molecule has 0 aromatic heterocycles. The topological polar surface area (TPSA) is 186 Å². The molecule has 2 aromatic rings. The van der Waals surface area contributed by atoms with Crippen LogP contribution < -0.4 is 4.74 Å². The number of aromatic hydroxyl groups is 2. The van der Waals surface area contributed by atoms with E-state index in [0.29, 0.717) is 5.56 Å². The monoisotopic (exact) mass is 469 g/mol. The number of rotatable bonds is 7. The van der Waals surface area contributed by atoms with Crippen molar-refractivity contribution in [3.05, 3.63) is 53.6 Å². The van der Waals surface area contributed by atoms with Crippen LogP contribution in [0, 0.1) is 0 Å². The lowest BCUT2D eigenvalue weighted by Gasteiger charge is -2.41. The molecule has 11 nitrogen and oxygen atoms in total. The average Bonchev–Trinajstić information content (AvgIpc) is 2.72. The standard InChI is InChI=1S/C20H22O11S/c21-10-16-17(24)18(25)19(31-32(26,27)28)20(30-16)29-15-8-12(7-14(23)9-15)2-1-11-3-5-13(22)6-4-11/h1-9,16-25H,10H2,(H,26,27,28)/p-1/b2-1+/t16-,17-,18+,19-,20-/m1/s1. The summed E-state index contributed by atoms with van der Waals surface area (Å²) in [5, 5.41) is 48.8. The van der Waals surface area contributed by atoms with Gasteiger partial charge in [0.2, 0.25) is 16.7 Å². The van der Waals surface area contributed by atoms with Crippen LogP contribution >= 0.6 is 0 Å². The van der Waals surface area contributed by atoms with Crippen molar-refractivity contribution < 1.29 is 52.2 Å². The quantitative estimate of drug-likeness (QED) is 0.208. The molecule has 0 aliphatic carbocycles. The lowest BCUT2D eigenvalue weighted by Crippen LogP contribution is -2.61. The first-order chi connectivity index (χ1) is 15.1. The number of aliphatic hydroxyl groups is 3. The molecule has 32 heavy (non-hydrogen) atoms. The van der Waals surface area contributed by atoms with Gasteiger partial charge >= 0.3 is 0 Å². The fourth-order valence-electron chi connectivity index (χ4n) is 3.07. The van der Waals surface area contributed by atoms with Crippen molar-refractivity contribution in [1.29, 1.82) is 0 Å². The zero-order chi connectivity index (χ0) is 23.5. The number of phenols is 2. The van der Waals surface area contributed by atoms with Gasteiger partial charge in [0.05, 0.1) is 6.61 Å². The van der Waals surface area contributed by atoms with Gasteiger partial charge < -0.3 is 39.6 Å². The summed E-state index contributed by atoms with van der Waals surface area (Å²) in [5.41, 5.74) is 1.21. The van der Waals surface area contributed by atoms with Crippen LogP contribution in [0.3, 0.4) is 0 Å². The van der Waals surface area contributed by atoms with Gasteiger partial charge in [-0.15, -0.1) is 0 Å². The van der Waals surface area contributed by atoms with E-state index in [2.05, 4.69) is 4.18 Å². The highest BCUT2D eigenvalue weighted by Crippen LogP contribution is 2.30. The molecule has 12 heteroatoms. The fourth-order valence-corrected chi connectivity index (χ4v) is 3.55. The molecule has 1 heterocycles. The van der Waals surface area contributed by atoms with Crippen LogP contribution in [-0.2, 0) is 19.3 Å². The molecule has 1 fully saturated rings. The molecule has 2 aromatic carbocycles. The van der Waals surface area contributed by atoms with Gasteiger partial charge in [0.1, 0.15) is 35.6 Å². The number of hydrogen-bond acceptors (Lipinski definition) is 11. The molecule has 5 atom stereocenters. The van der Waals surface area contributed by atoms with Gasteiger partial charge in [0.25, 0.3) is 0 Å². The minimum Gasteiger partial charge on any atom is -0.726 e. The van der Waals surface area contributed by atoms with E-state index in [1.807, 2.05) is 0 Å². The lowest BCUT2D eigenvalue weighted by atomic mass is 9.99. The summed E-state index contributed by atoms with van der Waals surface area (Å²) in [6, 6.07) is 10.3. The summed E-state index contributed by atoms with van der Waals surface area (Å²) in [6.45, 7) is -0.740. The van der Waals surface area contributed by atoms with Crippen molar-refractivity contribution >= 4 is 22.6 Å². The third-order valence-electron chi connectivity index (χ3n) is 4.58. The molecule has 0 bridgehead atoms. The molecule has 1 saturated heterocycles. The highest BCUT2D eigenvalue weighted by molar-refractivity contribution is 7.80. The zero-order valence-electron chi connectivity index (χ0n) is 16.4. The first-order valence-corrected chi connectivity index (χ1v) is 10.6. The maximum atomic E-state index is 11.1. The van der Waals surface area contributed by atoms with E-state index in [9.17, 15) is 38.5 Å². The van der Waals surface area contributed by atoms with Crippen molar-refractivity contribution in [2.75, 3.05) is 6.61 Å². The summed E-state index contributed by atoms with van der Waals surface area (Å²) in [5.74, 6) is -0.164. The first-order valence-electron chi connectivity index (χ1n) is 9.30. The average molecular weight is 469 g/mol. The predicted molar refractivity (Wildman–Crippen MR) is 108 cm³/mol. The Hall–Kier alpha value is -2.71. The van der Waals surface area contributed by atoms with E-state index in [-0.39, 0.29) is 17.2 Å². The van der Waals surface area contributed by atoms with Crippen molar-refractivity contribution in [2.24, 2.45) is 0 Å². The Balaban J connectivity index is 1.85. The highest BCUT2D eigenvalue weighted by Gasteiger charge is 2.47. The van der Waals surface area contributed by atoms with Crippen LogP contribution in [0.15, 0.2) is 42.5 Å². The Morgan fingerprint density at radius 1 is 0.969 bits per heavy atom. The van der Waals surface area contributed by atoms with E-state index in [1.54, 1.807) is 24.3 Å². The molecule has 3 rings (SSSR count). The van der Waals surface area contributed by atoms with E-state index >= 15 is 0 Å². The Morgan fingerprint density at radius 3 is 2.25 bits per heavy atom. The summed E-state index contributed by atoms with van der Waals surface area (Å²) in [6.07, 6.45) is -5.38. The van der Waals surface area contributed by atoms with Crippen LogP contribution in [0.25, 0.3) is 12.2 Å². The second-order valence-electron chi connectivity index (χ2n) is 6.98. The van der Waals surface area contributed by atoms with Gasteiger partial charge in [0, 0.05) is 6.07 Å². The first kappa shape index (κ1) is 23.9. The molecular weight excluding hydrogens is 448 g/mol. The molecule has 5 N–H and O–H groups in total. The van der Waals surface area contributed by atoms with E-state index < -0.39 is 47.7 Å². The van der Waals surface area contributed by atoms with Crippen molar-refractivity contribution in [3.8, 4) is 17.2 Å². The number of benzene rings is 2. The molecule has 1 aliphatic rings. The Labute approximate surface area is 183 Å². The molecule has 0 amide bonds. The summed E-state index contributed by atoms with van der Waals surface area (Å²) in [4.78, 5) is 0. The van der Waals surface area contributed by atoms with E-state index in [0.717, 1.165) is 11.6 Å². The largest absolute Gasteiger partial charge is 0.726 e. The second kappa shape index (κ2) is 9.83. The zero-order valence-corrected chi connectivity index (χ0v) is 17.2. The van der Waals surface area contributed by atoms with Crippen molar-refractivity contribution in [3.63, 3.8) is 0 Å². The van der Waals surface area contributed by atoms with Gasteiger partial charge in [-0.2, -0.15) is 0 Å². The highest BCUT2D eigenvalue weighted by atomic mass is 32.3. The molecule has 0 spiro atoms. The molecule has 0 radical (unpaired) electrons. The normalized spacial score (nSPS) is 26.3. The lowest BCUT2D eigenvalue weighted by molar-refractivity contribution is -0.271. The van der Waals surface area contributed by atoms with Crippen LogP contribution in [0.4, 0.5) is 0 Å². The number of aliphatic hydroxyl groups excluding tert-OH is 3. The van der Waals surface area contributed by atoms with Crippen LogP contribution in [0.1, 0.15) is 11.1 Å². The minimum absolute atomic E-state index is 0.0440. The van der Waals surface area contributed by atoms with Crippen molar-refractivity contribution in [1.82, 2.24) is 0 Å². The Morgan fingerprint density at radius 2 is 1.62 bits per heavy atom. The smallest absolute Gasteiger partial charge is 0.230 e. The number of phenolic OH excluding ortho intramolecular Hbond substituents is 2. The third kappa shape index (κ3) is 6.17. The maximum Gasteiger partial charge on any atom is 0.230 e. The Bertz CT molecular complexity index is 1050. The molecule has 1 aliphatic heterocycles. The van der Waals surface area contributed by atoms with Gasteiger partial charge in [0.15, 0.2) is 6.10 Å². The predicted octanol–water partition coefficient (Wildman–Crippen LogP) is -0.0686. The van der Waals surface area contributed by atoms with Gasteiger partial charge in [-0.25, -0.2) is 8.42 Å². The van der Waals surface area contributed by atoms with Crippen molar-refractivity contribution in [2.45, 2.75) is 30.7 Å². The minimum atomic E-state index is -5.31. The Kier molecular flexibility index (Phi) is 7.36. The van der Waals surface area contributed by atoms with Crippen LogP contribution in [0.5, 0.6) is 17.2 Å². The maximum absolute atomic E-state index is 11.1. The summed E-state index contributed by atoms with van der Waals surface area (Å²) in [7, 11) is -5.31. The fraction of sp³-hybridized carbons (Fsp3) is 0.300. The van der Waals surface area contributed by atoms with Gasteiger partial charge in [-0.1, -0.05) is 24.3 Å². The van der Waals surface area contributed by atoms with Gasteiger partial charge in [-0.05, 0) is 35.4 Å². The molecule has 0 unspecified atom stereocenters. The van der Waals surface area contributed by atoms with Gasteiger partial charge in [-0.3, -0.25) is 4.18 Å². The summed E-state index contributed by atoms with van der Waals surface area (Å²) < 4.78 is 48.2.